The molecule has 0 atom stereocenters. The number of carbonyl (C=O) groups excluding carboxylic acids is 1. The predicted octanol–water partition coefficient (Wildman–Crippen LogP) is 4.84. The molecule has 0 heterocycles. The zero-order chi connectivity index (χ0) is 15.0. The first-order valence-electron chi connectivity index (χ1n) is 6.07. The highest BCUT2D eigenvalue weighted by Gasteiger charge is 2.27. The van der Waals surface area contributed by atoms with Gasteiger partial charge in [-0.3, -0.25) is 4.79 Å². The van der Waals surface area contributed by atoms with Crippen LogP contribution in [0.3, 0.4) is 0 Å². The van der Waals surface area contributed by atoms with Crippen molar-refractivity contribution in [3.05, 3.63) is 24.3 Å². The van der Waals surface area contributed by atoms with E-state index in [1.165, 1.54) is 0 Å². The second-order valence-corrected chi connectivity index (χ2v) is 5.90. The third-order valence-corrected chi connectivity index (χ3v) is 4.04. The van der Waals surface area contributed by atoms with E-state index in [1.807, 2.05) is 0 Å². The fraction of sp³-hybridized carbons (Fsp3) is 0.462. The van der Waals surface area contributed by atoms with Gasteiger partial charge >= 0.3 is 6.18 Å². The van der Waals surface area contributed by atoms with Crippen LogP contribution in [0.4, 0.5) is 18.9 Å². The maximum absolute atomic E-state index is 12.2. The van der Waals surface area contributed by atoms with Crippen LogP contribution in [0, 0.1) is 0 Å². The maximum atomic E-state index is 12.2. The molecule has 0 unspecified atom stereocenters. The lowest BCUT2D eigenvalue weighted by Gasteiger charge is -2.11. The van der Waals surface area contributed by atoms with Crippen molar-refractivity contribution in [3.8, 4) is 0 Å². The molecule has 0 spiro atoms. The molecule has 0 saturated heterocycles. The lowest BCUT2D eigenvalue weighted by Crippen LogP contribution is -2.13. The Bertz CT molecular complexity index is 440. The van der Waals surface area contributed by atoms with Gasteiger partial charge < -0.3 is 5.32 Å². The highest BCUT2D eigenvalue weighted by Crippen LogP contribution is 2.32. The summed E-state index contributed by atoms with van der Waals surface area (Å²) in [4.78, 5) is 12.1. The minimum Gasteiger partial charge on any atom is -0.325 e. The summed E-state index contributed by atoms with van der Waals surface area (Å²) >= 11 is 3.95. The van der Waals surface area contributed by atoms with Crippen LogP contribution in [0.1, 0.15) is 19.3 Å². The summed E-state index contributed by atoms with van der Waals surface area (Å²) in [7, 11) is 0. The smallest absolute Gasteiger partial charge is 0.325 e. The van der Waals surface area contributed by atoms with Gasteiger partial charge in [0.25, 0.3) is 0 Å². The number of unbranched alkanes of at least 4 members (excludes halogenated alkanes) is 1. The number of para-hydroxylation sites is 1. The Morgan fingerprint density at radius 1 is 1.25 bits per heavy atom. The summed E-state index contributed by atoms with van der Waals surface area (Å²) < 4.78 is 36.7. The molecule has 2 nitrogen and oxygen atoms in total. The van der Waals surface area contributed by atoms with E-state index in [1.54, 1.807) is 24.3 Å². The van der Waals surface area contributed by atoms with Gasteiger partial charge in [0.05, 0.1) is 11.4 Å². The number of nitrogens with one attached hydrogen (secondary N) is 1. The topological polar surface area (TPSA) is 29.1 Å². The number of alkyl halides is 4. The van der Waals surface area contributed by atoms with Crippen LogP contribution < -0.4 is 5.32 Å². The van der Waals surface area contributed by atoms with Crippen LogP contribution in [0.25, 0.3) is 0 Å². The van der Waals surface area contributed by atoms with Gasteiger partial charge in [-0.2, -0.15) is 13.2 Å². The Hall–Kier alpha value is -0.690. The summed E-state index contributed by atoms with van der Waals surface area (Å²) in [5.74, 6) is -1.14. The minimum absolute atomic E-state index is 0.175. The van der Waals surface area contributed by atoms with Crippen LogP contribution in [-0.2, 0) is 4.79 Å². The third-order valence-electron chi connectivity index (χ3n) is 2.34. The molecule has 0 saturated carbocycles. The second-order valence-electron chi connectivity index (χ2n) is 4.09. The van der Waals surface area contributed by atoms with E-state index in [2.05, 4.69) is 21.2 Å². The van der Waals surface area contributed by atoms with Crippen LogP contribution in [0.15, 0.2) is 29.2 Å². The number of benzene rings is 1. The van der Waals surface area contributed by atoms with E-state index >= 15 is 0 Å². The first kappa shape index (κ1) is 17.4. The van der Waals surface area contributed by atoms with Crippen molar-refractivity contribution in [2.75, 3.05) is 16.4 Å². The van der Waals surface area contributed by atoms with Gasteiger partial charge in [-0.05, 0) is 25.0 Å². The maximum Gasteiger partial charge on any atom is 0.398 e. The van der Waals surface area contributed by atoms with Crippen molar-refractivity contribution < 1.29 is 18.0 Å². The molecule has 1 aromatic rings. The Morgan fingerprint density at radius 3 is 2.60 bits per heavy atom. The van der Waals surface area contributed by atoms with E-state index in [-0.39, 0.29) is 5.91 Å². The first-order valence-corrected chi connectivity index (χ1v) is 8.17. The molecule has 20 heavy (non-hydrogen) atoms. The van der Waals surface area contributed by atoms with Gasteiger partial charge in [0.2, 0.25) is 5.91 Å². The SMILES string of the molecule is O=C(CCCCBr)Nc1ccccc1SCC(F)(F)F. The Balaban J connectivity index is 2.58. The summed E-state index contributed by atoms with van der Waals surface area (Å²) in [5.41, 5.74) is 0.436. The number of anilines is 1. The monoisotopic (exact) mass is 369 g/mol. The van der Waals surface area contributed by atoms with Crippen molar-refractivity contribution in [1.82, 2.24) is 0 Å². The molecule has 112 valence electrons. The molecule has 0 bridgehead atoms. The molecular formula is C13H15BrF3NOS. The zero-order valence-electron chi connectivity index (χ0n) is 10.7. The zero-order valence-corrected chi connectivity index (χ0v) is 13.1. The average Bonchev–Trinajstić information content (AvgIpc) is 2.37. The number of hydrogen-bond acceptors (Lipinski definition) is 2. The van der Waals surface area contributed by atoms with Crippen molar-refractivity contribution >= 4 is 39.3 Å². The van der Waals surface area contributed by atoms with Gasteiger partial charge in [-0.25, -0.2) is 0 Å². The number of amides is 1. The number of rotatable bonds is 7. The van der Waals surface area contributed by atoms with Crippen LogP contribution in [-0.4, -0.2) is 23.2 Å². The van der Waals surface area contributed by atoms with Gasteiger partial charge in [0.1, 0.15) is 0 Å². The number of thioether (sulfide) groups is 1. The van der Waals surface area contributed by atoms with Gasteiger partial charge in [-0.15, -0.1) is 11.8 Å². The van der Waals surface area contributed by atoms with Crippen LogP contribution in [0.5, 0.6) is 0 Å². The molecule has 0 aliphatic carbocycles. The first-order chi connectivity index (χ1) is 9.42. The molecule has 0 aliphatic heterocycles. The highest BCUT2D eigenvalue weighted by atomic mass is 79.9. The van der Waals surface area contributed by atoms with Gasteiger partial charge in [0.15, 0.2) is 0 Å². The summed E-state index contributed by atoms with van der Waals surface area (Å²) in [6.07, 6.45) is -2.23. The molecule has 0 fully saturated rings. The number of carbonyl (C=O) groups is 1. The van der Waals surface area contributed by atoms with Gasteiger partial charge in [0, 0.05) is 16.6 Å². The lowest BCUT2D eigenvalue weighted by atomic mass is 10.2. The fourth-order valence-corrected chi connectivity index (χ4v) is 2.61. The molecule has 7 heteroatoms. The molecule has 1 N–H and O–H groups in total. The van der Waals surface area contributed by atoms with E-state index in [4.69, 9.17) is 0 Å². The summed E-state index contributed by atoms with van der Waals surface area (Å²) in [5, 5.41) is 3.49. The normalized spacial score (nSPS) is 11.4. The van der Waals surface area contributed by atoms with E-state index in [0.29, 0.717) is 28.8 Å². The Labute approximate surface area is 128 Å². The average molecular weight is 370 g/mol. The number of hydrogen-bond donors (Lipinski definition) is 1. The second kappa shape index (κ2) is 8.56. The van der Waals surface area contributed by atoms with Crippen molar-refractivity contribution in [3.63, 3.8) is 0 Å². The van der Waals surface area contributed by atoms with Crippen molar-refractivity contribution in [1.29, 1.82) is 0 Å². The molecule has 1 rings (SSSR count). The lowest BCUT2D eigenvalue weighted by molar-refractivity contribution is -0.116. The van der Waals surface area contributed by atoms with Crippen LogP contribution in [0.2, 0.25) is 0 Å². The van der Waals surface area contributed by atoms with Crippen molar-refractivity contribution in [2.24, 2.45) is 0 Å². The summed E-state index contributed by atoms with van der Waals surface area (Å²) in [6, 6.07) is 6.52. The summed E-state index contributed by atoms with van der Waals surface area (Å²) in [6.45, 7) is 0. The van der Waals surface area contributed by atoms with E-state index in [0.717, 1.165) is 18.2 Å². The Morgan fingerprint density at radius 2 is 1.95 bits per heavy atom. The number of halogens is 4. The van der Waals surface area contributed by atoms with E-state index in [9.17, 15) is 18.0 Å². The predicted molar refractivity (Wildman–Crippen MR) is 79.5 cm³/mol. The largest absolute Gasteiger partial charge is 0.398 e. The molecule has 0 radical (unpaired) electrons. The quantitative estimate of drug-likeness (QED) is 0.423. The minimum atomic E-state index is -4.22. The Kier molecular flexibility index (Phi) is 7.43. The van der Waals surface area contributed by atoms with E-state index < -0.39 is 11.9 Å². The highest BCUT2D eigenvalue weighted by molar-refractivity contribution is 9.09. The molecule has 0 aliphatic rings. The molecule has 0 aromatic heterocycles. The van der Waals surface area contributed by atoms with Gasteiger partial charge in [-0.1, -0.05) is 28.1 Å². The molecule has 1 amide bonds. The fourth-order valence-electron chi connectivity index (χ4n) is 1.45. The molecular weight excluding hydrogens is 355 g/mol. The third kappa shape index (κ3) is 7.19. The van der Waals surface area contributed by atoms with Crippen molar-refractivity contribution in [2.45, 2.75) is 30.3 Å². The standard InChI is InChI=1S/C13H15BrF3NOS/c14-8-4-3-7-12(19)18-10-5-1-2-6-11(10)20-9-13(15,16)17/h1-2,5-6H,3-4,7-9H2,(H,18,19). The van der Waals surface area contributed by atoms with Crippen LogP contribution >= 0.6 is 27.7 Å². The molecule has 1 aromatic carbocycles.